The molecule has 244 valence electrons. The number of carbonyl (C=O) groups is 2. The van der Waals surface area contributed by atoms with Crippen LogP contribution in [0.4, 0.5) is 11.4 Å². The number of methoxy groups -OCH3 is 2. The second kappa shape index (κ2) is 13.1. The SMILES string of the molecule is COc1cc2c(cc1OCCCCCOc1cc3c(cc1OC)C(=O)N1C=C(C)C[C@H]1NN3C(C)C)N=C[C@@H]1CC(C)=CN1C2=O. The molecule has 0 aromatic heterocycles. The van der Waals surface area contributed by atoms with Crippen molar-refractivity contribution in [1.29, 1.82) is 0 Å². The van der Waals surface area contributed by atoms with Crippen LogP contribution in [-0.4, -0.2) is 73.5 Å². The molecule has 11 nitrogen and oxygen atoms in total. The van der Waals surface area contributed by atoms with Crippen LogP contribution in [0.2, 0.25) is 0 Å². The fourth-order valence-corrected chi connectivity index (χ4v) is 6.38. The zero-order chi connectivity index (χ0) is 32.5. The Morgan fingerprint density at radius 3 is 2.09 bits per heavy atom. The van der Waals surface area contributed by atoms with Gasteiger partial charge in [0.25, 0.3) is 11.8 Å². The zero-order valence-corrected chi connectivity index (χ0v) is 27.5. The summed E-state index contributed by atoms with van der Waals surface area (Å²) in [6, 6.07) is 7.25. The maximum absolute atomic E-state index is 13.5. The summed E-state index contributed by atoms with van der Waals surface area (Å²) in [6.45, 7) is 9.21. The van der Waals surface area contributed by atoms with E-state index in [1.807, 2.05) is 43.5 Å². The van der Waals surface area contributed by atoms with Crippen LogP contribution in [0.15, 0.2) is 52.8 Å². The second-order valence-corrected chi connectivity index (χ2v) is 12.5. The summed E-state index contributed by atoms with van der Waals surface area (Å²) in [5.41, 5.74) is 8.30. The topological polar surface area (TPSA) is 105 Å². The molecular weight excluding hydrogens is 586 g/mol. The molecule has 2 atom stereocenters. The van der Waals surface area contributed by atoms with Gasteiger partial charge in [-0.15, -0.1) is 0 Å². The lowest BCUT2D eigenvalue weighted by molar-refractivity contribution is 0.0769. The Morgan fingerprint density at radius 2 is 1.41 bits per heavy atom. The molecule has 4 heterocycles. The Kier molecular flexibility index (Phi) is 8.95. The first-order valence-electron chi connectivity index (χ1n) is 16.0. The van der Waals surface area contributed by atoms with E-state index in [0.717, 1.165) is 48.9 Å². The van der Waals surface area contributed by atoms with Gasteiger partial charge in [0, 0.05) is 43.2 Å². The Labute approximate surface area is 270 Å². The number of nitrogens with one attached hydrogen (secondary N) is 1. The van der Waals surface area contributed by atoms with E-state index in [9.17, 15) is 9.59 Å². The van der Waals surface area contributed by atoms with Crippen molar-refractivity contribution in [2.24, 2.45) is 4.99 Å². The van der Waals surface area contributed by atoms with Gasteiger partial charge in [0.15, 0.2) is 23.0 Å². The van der Waals surface area contributed by atoms with Crippen LogP contribution >= 0.6 is 0 Å². The number of rotatable bonds is 11. The van der Waals surface area contributed by atoms with Crippen LogP contribution in [0.3, 0.4) is 0 Å². The van der Waals surface area contributed by atoms with Gasteiger partial charge in [-0.1, -0.05) is 11.1 Å². The number of unbranched alkanes of at least 4 members (excludes halogenated alkanes) is 2. The van der Waals surface area contributed by atoms with Crippen molar-refractivity contribution in [1.82, 2.24) is 15.2 Å². The van der Waals surface area contributed by atoms with Crippen molar-refractivity contribution in [3.05, 3.63) is 58.9 Å². The van der Waals surface area contributed by atoms with E-state index in [2.05, 4.69) is 24.3 Å². The van der Waals surface area contributed by atoms with Gasteiger partial charge in [0.1, 0.15) is 6.17 Å². The van der Waals surface area contributed by atoms with Gasteiger partial charge in [-0.2, -0.15) is 0 Å². The minimum Gasteiger partial charge on any atom is -0.493 e. The summed E-state index contributed by atoms with van der Waals surface area (Å²) in [5.74, 6) is 2.05. The molecule has 4 aliphatic heterocycles. The second-order valence-electron chi connectivity index (χ2n) is 12.5. The molecule has 46 heavy (non-hydrogen) atoms. The van der Waals surface area contributed by atoms with Gasteiger partial charge >= 0.3 is 0 Å². The molecule has 0 fully saturated rings. The van der Waals surface area contributed by atoms with Gasteiger partial charge in [0.05, 0.1) is 56.0 Å². The van der Waals surface area contributed by atoms with Crippen LogP contribution in [0.5, 0.6) is 23.0 Å². The maximum Gasteiger partial charge on any atom is 0.261 e. The molecule has 0 bridgehead atoms. The number of fused-ring (bicyclic) bond motifs is 4. The molecule has 0 spiro atoms. The predicted octanol–water partition coefficient (Wildman–Crippen LogP) is 5.97. The number of hydrazine groups is 1. The molecule has 0 saturated heterocycles. The number of carbonyl (C=O) groups excluding carboxylic acids is 2. The van der Waals surface area contributed by atoms with Crippen molar-refractivity contribution in [2.45, 2.75) is 78.0 Å². The van der Waals surface area contributed by atoms with Crippen LogP contribution in [0.1, 0.15) is 80.5 Å². The van der Waals surface area contributed by atoms with Crippen molar-refractivity contribution >= 4 is 29.4 Å². The summed E-state index contributed by atoms with van der Waals surface area (Å²) < 4.78 is 23.5. The minimum absolute atomic E-state index is 0.0593. The number of aliphatic imine (C=N–C) groups is 1. The van der Waals surface area contributed by atoms with Gasteiger partial charge < -0.3 is 28.9 Å². The highest BCUT2D eigenvalue weighted by Gasteiger charge is 2.37. The molecule has 2 amide bonds. The minimum atomic E-state index is -0.125. The molecule has 11 heteroatoms. The normalized spacial score (nSPS) is 20.0. The van der Waals surface area contributed by atoms with E-state index in [0.29, 0.717) is 53.0 Å². The lowest BCUT2D eigenvalue weighted by Crippen LogP contribution is -2.51. The van der Waals surface area contributed by atoms with E-state index in [1.165, 1.54) is 0 Å². The summed E-state index contributed by atoms with van der Waals surface area (Å²) in [4.78, 5) is 34.9. The number of nitrogens with zero attached hydrogens (tertiary/aromatic N) is 4. The third kappa shape index (κ3) is 6.03. The molecule has 1 N–H and O–H groups in total. The van der Waals surface area contributed by atoms with E-state index >= 15 is 0 Å². The first kappa shape index (κ1) is 31.5. The highest BCUT2D eigenvalue weighted by atomic mass is 16.5. The lowest BCUT2D eigenvalue weighted by Gasteiger charge is -2.32. The number of anilines is 1. The molecule has 0 unspecified atom stereocenters. The fourth-order valence-electron chi connectivity index (χ4n) is 6.38. The Hall–Kier alpha value is -4.51. The smallest absolute Gasteiger partial charge is 0.261 e. The molecule has 4 aliphatic rings. The molecule has 0 saturated carbocycles. The Balaban J connectivity index is 1.05. The number of amides is 2. The molecule has 0 radical (unpaired) electrons. The number of benzene rings is 2. The highest BCUT2D eigenvalue weighted by Crippen LogP contribution is 2.40. The van der Waals surface area contributed by atoms with E-state index in [1.54, 1.807) is 42.2 Å². The van der Waals surface area contributed by atoms with Crippen molar-refractivity contribution in [3.8, 4) is 23.0 Å². The monoisotopic (exact) mass is 629 g/mol. The third-order valence-corrected chi connectivity index (χ3v) is 8.71. The Morgan fingerprint density at radius 1 is 0.804 bits per heavy atom. The summed E-state index contributed by atoms with van der Waals surface area (Å²) in [7, 11) is 3.16. The summed E-state index contributed by atoms with van der Waals surface area (Å²) >= 11 is 0. The highest BCUT2D eigenvalue weighted by molar-refractivity contribution is 6.04. The third-order valence-electron chi connectivity index (χ3n) is 8.71. The van der Waals surface area contributed by atoms with E-state index < -0.39 is 0 Å². The van der Waals surface area contributed by atoms with Crippen LogP contribution in [0.25, 0.3) is 0 Å². The van der Waals surface area contributed by atoms with Crippen LogP contribution in [0, 0.1) is 0 Å². The van der Waals surface area contributed by atoms with E-state index in [-0.39, 0.29) is 30.1 Å². The molecule has 2 aromatic rings. The Bertz CT molecular complexity index is 1610. The average Bonchev–Trinajstić information content (AvgIpc) is 3.55. The number of hydrogen-bond acceptors (Lipinski definition) is 9. The van der Waals surface area contributed by atoms with Gasteiger partial charge in [0.2, 0.25) is 0 Å². The average molecular weight is 630 g/mol. The largest absolute Gasteiger partial charge is 0.493 e. The zero-order valence-electron chi connectivity index (χ0n) is 27.5. The molecule has 2 aromatic carbocycles. The number of ether oxygens (including phenoxy) is 4. The van der Waals surface area contributed by atoms with Crippen molar-refractivity contribution in [2.75, 3.05) is 32.4 Å². The van der Waals surface area contributed by atoms with E-state index in [4.69, 9.17) is 18.9 Å². The number of hydrogen-bond donors (Lipinski definition) is 1. The van der Waals surface area contributed by atoms with Gasteiger partial charge in [-0.3, -0.25) is 19.5 Å². The maximum atomic E-state index is 13.5. The lowest BCUT2D eigenvalue weighted by atomic mass is 10.1. The summed E-state index contributed by atoms with van der Waals surface area (Å²) in [6.07, 6.45) is 9.58. The van der Waals surface area contributed by atoms with Crippen molar-refractivity contribution in [3.63, 3.8) is 0 Å². The first-order chi connectivity index (χ1) is 22.2. The first-order valence-corrected chi connectivity index (χ1v) is 16.0. The standard InChI is InChI=1S/C35H43N5O6/c1-21(2)40-28-17-32(30(44-6)15-26(28)35(42)39-20-23(4)13-33(39)37-40)46-11-9-7-8-10-45-31-16-27-25(14-29(31)43-5)34(41)38-19-22(3)12-24(38)18-36-27/h14-21,24,33,37H,7-13H2,1-6H3/t24-,33-/m0/s1. The quantitative estimate of drug-likeness (QED) is 0.303. The molecule has 6 rings (SSSR count). The fraction of sp³-hybridized carbons (Fsp3) is 0.457. The molecule has 0 aliphatic carbocycles. The van der Waals surface area contributed by atoms with Crippen molar-refractivity contribution < 1.29 is 28.5 Å². The van der Waals surface area contributed by atoms with Gasteiger partial charge in [-0.05, 0) is 65.5 Å². The predicted molar refractivity (Wildman–Crippen MR) is 176 cm³/mol. The van der Waals surface area contributed by atoms with Crippen LogP contribution in [-0.2, 0) is 0 Å². The molecular formula is C35H43N5O6. The summed E-state index contributed by atoms with van der Waals surface area (Å²) in [5, 5.41) is 2.05. The van der Waals surface area contributed by atoms with Gasteiger partial charge in [-0.25, -0.2) is 5.43 Å². The van der Waals surface area contributed by atoms with Crippen LogP contribution < -0.4 is 29.4 Å².